The van der Waals surface area contributed by atoms with Gasteiger partial charge in [0.1, 0.15) is 4.60 Å². The number of tetrazole rings is 1. The van der Waals surface area contributed by atoms with Crippen LogP contribution in [0, 0.1) is 11.8 Å². The third kappa shape index (κ3) is 3.84. The maximum absolute atomic E-state index is 11.6. The van der Waals surface area contributed by atoms with E-state index in [1.165, 1.54) is 0 Å². The first-order valence-corrected chi connectivity index (χ1v) is 7.35. The van der Waals surface area contributed by atoms with E-state index in [0.29, 0.717) is 12.2 Å². The van der Waals surface area contributed by atoms with Crippen LogP contribution >= 0.6 is 15.9 Å². The molecule has 0 aliphatic heterocycles. The lowest BCUT2D eigenvalue weighted by Gasteiger charge is -2.24. The third-order valence-corrected chi connectivity index (χ3v) is 3.84. The van der Waals surface area contributed by atoms with Crippen molar-refractivity contribution in [3.63, 3.8) is 0 Å². The van der Waals surface area contributed by atoms with Crippen LogP contribution in [0.15, 0.2) is 22.9 Å². The standard InChI is InChI=1S/C13H16BrN5O2/c1-7(2)11(13(20)21)9(12-16-18-19-17-12)5-8-3-4-10(14)15-6-8/h3-4,6-7,9,11H,5H2,1-2H3,(H,20,21)(H,16,17,18,19)/t9-,11-/m0/s1. The number of carboxylic acid groups (broad SMARTS) is 1. The zero-order chi connectivity index (χ0) is 15.4. The molecule has 2 atom stereocenters. The van der Waals surface area contributed by atoms with E-state index in [9.17, 15) is 9.90 Å². The number of carboxylic acids is 1. The molecule has 2 rings (SSSR count). The minimum absolute atomic E-state index is 0.0468. The third-order valence-electron chi connectivity index (χ3n) is 3.37. The molecule has 2 N–H and O–H groups in total. The Morgan fingerprint density at radius 3 is 2.67 bits per heavy atom. The summed E-state index contributed by atoms with van der Waals surface area (Å²) in [6.45, 7) is 3.76. The Morgan fingerprint density at radius 2 is 2.19 bits per heavy atom. The lowest BCUT2D eigenvalue weighted by Crippen LogP contribution is -2.29. The van der Waals surface area contributed by atoms with Crippen molar-refractivity contribution in [2.75, 3.05) is 0 Å². The Labute approximate surface area is 130 Å². The van der Waals surface area contributed by atoms with Crippen LogP contribution in [-0.4, -0.2) is 36.7 Å². The molecular formula is C13H16BrN5O2. The molecule has 2 heterocycles. The van der Waals surface area contributed by atoms with Crippen molar-refractivity contribution >= 4 is 21.9 Å². The number of aliphatic carboxylic acids is 1. The summed E-state index contributed by atoms with van der Waals surface area (Å²) in [6, 6.07) is 3.73. The van der Waals surface area contributed by atoms with Crippen molar-refractivity contribution in [2.45, 2.75) is 26.2 Å². The van der Waals surface area contributed by atoms with Crippen LogP contribution in [0.25, 0.3) is 0 Å². The summed E-state index contributed by atoms with van der Waals surface area (Å²) >= 11 is 3.28. The topological polar surface area (TPSA) is 105 Å². The van der Waals surface area contributed by atoms with Gasteiger partial charge in [0.2, 0.25) is 0 Å². The minimum Gasteiger partial charge on any atom is -0.481 e. The van der Waals surface area contributed by atoms with Gasteiger partial charge in [0, 0.05) is 12.1 Å². The van der Waals surface area contributed by atoms with Crippen LogP contribution < -0.4 is 0 Å². The van der Waals surface area contributed by atoms with Crippen molar-refractivity contribution in [1.82, 2.24) is 25.6 Å². The zero-order valence-corrected chi connectivity index (χ0v) is 13.3. The smallest absolute Gasteiger partial charge is 0.307 e. The lowest BCUT2D eigenvalue weighted by molar-refractivity contribution is -0.144. The summed E-state index contributed by atoms with van der Waals surface area (Å²) in [5.74, 6) is -1.44. The van der Waals surface area contributed by atoms with Crippen LogP contribution in [0.3, 0.4) is 0 Å². The number of hydrogen-bond donors (Lipinski definition) is 2. The number of H-pyrrole nitrogens is 1. The van der Waals surface area contributed by atoms with E-state index in [4.69, 9.17) is 0 Å². The number of nitrogens with one attached hydrogen (secondary N) is 1. The molecule has 2 aromatic rings. The highest BCUT2D eigenvalue weighted by atomic mass is 79.9. The summed E-state index contributed by atoms with van der Waals surface area (Å²) in [4.78, 5) is 15.8. The average molecular weight is 354 g/mol. The van der Waals surface area contributed by atoms with Crippen molar-refractivity contribution in [1.29, 1.82) is 0 Å². The highest BCUT2D eigenvalue weighted by Gasteiger charge is 2.34. The summed E-state index contributed by atoms with van der Waals surface area (Å²) in [7, 11) is 0. The normalized spacial score (nSPS) is 14.1. The molecule has 0 spiro atoms. The Bertz CT molecular complexity index is 585. The molecule has 0 saturated heterocycles. The Kier molecular flexibility index (Phi) is 5.00. The van der Waals surface area contributed by atoms with Crippen LogP contribution in [0.5, 0.6) is 0 Å². The highest BCUT2D eigenvalue weighted by Crippen LogP contribution is 2.31. The largest absolute Gasteiger partial charge is 0.481 e. The van der Waals surface area contributed by atoms with E-state index in [-0.39, 0.29) is 11.8 Å². The zero-order valence-electron chi connectivity index (χ0n) is 11.7. The molecule has 8 heteroatoms. The summed E-state index contributed by atoms with van der Waals surface area (Å²) < 4.78 is 0.737. The molecule has 0 amide bonds. The number of rotatable bonds is 6. The van der Waals surface area contributed by atoms with Crippen molar-refractivity contribution in [2.24, 2.45) is 11.8 Å². The van der Waals surface area contributed by atoms with E-state index < -0.39 is 11.9 Å². The molecule has 0 radical (unpaired) electrons. The van der Waals surface area contributed by atoms with E-state index in [1.54, 1.807) is 6.20 Å². The Hall–Kier alpha value is -1.83. The summed E-state index contributed by atoms with van der Waals surface area (Å²) in [5, 5.41) is 23.4. The van der Waals surface area contributed by atoms with Gasteiger partial charge in [-0.05, 0) is 39.9 Å². The molecule has 0 unspecified atom stereocenters. The number of halogens is 1. The van der Waals surface area contributed by atoms with E-state index in [0.717, 1.165) is 10.2 Å². The van der Waals surface area contributed by atoms with Crippen LogP contribution in [0.2, 0.25) is 0 Å². The highest BCUT2D eigenvalue weighted by molar-refractivity contribution is 9.10. The number of aromatic nitrogens is 5. The summed E-state index contributed by atoms with van der Waals surface area (Å²) in [5.41, 5.74) is 0.930. The summed E-state index contributed by atoms with van der Waals surface area (Å²) in [6.07, 6.45) is 2.21. The van der Waals surface area contributed by atoms with Crippen molar-refractivity contribution < 1.29 is 9.90 Å². The number of nitrogens with zero attached hydrogens (tertiary/aromatic N) is 4. The van der Waals surface area contributed by atoms with Gasteiger partial charge in [0.05, 0.1) is 5.92 Å². The molecule has 0 bridgehead atoms. The van der Waals surface area contributed by atoms with Crippen LogP contribution in [0.4, 0.5) is 0 Å². The van der Waals surface area contributed by atoms with Gasteiger partial charge in [-0.15, -0.1) is 10.2 Å². The number of hydrogen-bond acceptors (Lipinski definition) is 5. The molecule has 0 aromatic carbocycles. The second kappa shape index (κ2) is 6.75. The van der Waals surface area contributed by atoms with E-state index in [2.05, 4.69) is 41.5 Å². The van der Waals surface area contributed by atoms with Gasteiger partial charge >= 0.3 is 5.97 Å². The second-order valence-corrected chi connectivity index (χ2v) is 5.99. The second-order valence-electron chi connectivity index (χ2n) is 5.18. The molecule has 0 aliphatic carbocycles. The quantitative estimate of drug-likeness (QED) is 0.770. The maximum atomic E-state index is 11.6. The molecule has 21 heavy (non-hydrogen) atoms. The first kappa shape index (κ1) is 15.6. The monoisotopic (exact) mass is 353 g/mol. The predicted octanol–water partition coefficient (Wildman–Crippen LogP) is 2.04. The fraction of sp³-hybridized carbons (Fsp3) is 0.462. The average Bonchev–Trinajstić information content (AvgIpc) is 2.93. The van der Waals surface area contributed by atoms with Crippen LogP contribution in [0.1, 0.15) is 31.2 Å². The van der Waals surface area contributed by atoms with Gasteiger partial charge in [-0.2, -0.15) is 5.21 Å². The minimum atomic E-state index is -0.857. The fourth-order valence-corrected chi connectivity index (χ4v) is 2.64. The number of pyridine rings is 1. The molecule has 2 aromatic heterocycles. The lowest BCUT2D eigenvalue weighted by atomic mass is 9.79. The first-order valence-electron chi connectivity index (χ1n) is 6.55. The molecule has 7 nitrogen and oxygen atoms in total. The Balaban J connectivity index is 2.32. The molecule has 0 saturated carbocycles. The first-order chi connectivity index (χ1) is 9.99. The maximum Gasteiger partial charge on any atom is 0.307 e. The van der Waals surface area contributed by atoms with E-state index in [1.807, 2.05) is 26.0 Å². The van der Waals surface area contributed by atoms with E-state index >= 15 is 0 Å². The van der Waals surface area contributed by atoms with Gasteiger partial charge in [0.25, 0.3) is 0 Å². The number of carbonyl (C=O) groups is 1. The SMILES string of the molecule is CC(C)[C@H](C(=O)O)[C@H](Cc1ccc(Br)nc1)c1nn[nH]n1. The van der Waals surface area contributed by atoms with Gasteiger partial charge in [0.15, 0.2) is 5.82 Å². The predicted molar refractivity (Wildman–Crippen MR) is 78.5 cm³/mol. The molecule has 0 aliphatic rings. The van der Waals surface area contributed by atoms with Gasteiger partial charge < -0.3 is 5.11 Å². The number of aromatic amines is 1. The van der Waals surface area contributed by atoms with Gasteiger partial charge in [-0.25, -0.2) is 4.98 Å². The molecule has 0 fully saturated rings. The molecular weight excluding hydrogens is 338 g/mol. The van der Waals surface area contributed by atoms with Crippen molar-refractivity contribution in [3.8, 4) is 0 Å². The fourth-order valence-electron chi connectivity index (χ4n) is 2.41. The Morgan fingerprint density at radius 1 is 1.43 bits per heavy atom. The van der Waals surface area contributed by atoms with Crippen LogP contribution in [-0.2, 0) is 11.2 Å². The van der Waals surface area contributed by atoms with Gasteiger partial charge in [-0.1, -0.05) is 25.1 Å². The van der Waals surface area contributed by atoms with Crippen molar-refractivity contribution in [3.05, 3.63) is 34.3 Å². The molecule has 112 valence electrons. The van der Waals surface area contributed by atoms with Gasteiger partial charge in [-0.3, -0.25) is 4.79 Å².